The molecule has 1 nitrogen and oxygen atoms in total. The number of hydrogen-bond acceptors (Lipinski definition) is 1. The fourth-order valence-electron chi connectivity index (χ4n) is 2.41. The second-order valence-electron chi connectivity index (χ2n) is 5.22. The number of aryl methyl sites for hydroxylation is 1. The van der Waals surface area contributed by atoms with Crippen molar-refractivity contribution in [3.8, 4) is 0 Å². The van der Waals surface area contributed by atoms with Crippen LogP contribution in [-0.2, 0) is 0 Å². The molecule has 0 radical (unpaired) electrons. The molecule has 2 N–H and O–H groups in total. The molecule has 1 aromatic rings. The molecule has 0 aromatic heterocycles. The first-order valence-corrected chi connectivity index (χ1v) is 5.44. The molecule has 1 saturated carbocycles. The van der Waals surface area contributed by atoms with Crippen molar-refractivity contribution in [3.63, 3.8) is 0 Å². The lowest BCUT2D eigenvalue weighted by atomic mass is 9.56. The monoisotopic (exact) mass is 207 g/mol. The van der Waals surface area contributed by atoms with E-state index >= 15 is 0 Å². The van der Waals surface area contributed by atoms with Crippen molar-refractivity contribution in [1.29, 1.82) is 0 Å². The first-order chi connectivity index (χ1) is 6.93. The lowest BCUT2D eigenvalue weighted by molar-refractivity contribution is 0.0983. The largest absolute Gasteiger partial charge is 0.327 e. The molecule has 2 unspecified atom stereocenters. The van der Waals surface area contributed by atoms with Crippen LogP contribution >= 0.6 is 0 Å². The van der Waals surface area contributed by atoms with Gasteiger partial charge in [0.2, 0.25) is 0 Å². The van der Waals surface area contributed by atoms with Crippen LogP contribution in [0.2, 0.25) is 0 Å². The van der Waals surface area contributed by atoms with E-state index in [2.05, 4.69) is 13.8 Å². The molecule has 0 bridgehead atoms. The predicted molar refractivity (Wildman–Crippen MR) is 60.3 cm³/mol. The van der Waals surface area contributed by atoms with Gasteiger partial charge in [-0.2, -0.15) is 0 Å². The minimum atomic E-state index is -0.125. The Labute approximate surface area is 90.5 Å². The lowest BCUT2D eigenvalue weighted by Gasteiger charge is -2.50. The minimum absolute atomic E-state index is 0.125. The van der Waals surface area contributed by atoms with E-state index in [1.54, 1.807) is 6.07 Å². The Bertz CT molecular complexity index is 384. The van der Waals surface area contributed by atoms with E-state index in [9.17, 15) is 4.39 Å². The van der Waals surface area contributed by atoms with Crippen LogP contribution in [0.25, 0.3) is 0 Å². The molecule has 0 heterocycles. The summed E-state index contributed by atoms with van der Waals surface area (Å²) in [5.74, 6) is 0.354. The van der Waals surface area contributed by atoms with Crippen LogP contribution in [-0.4, -0.2) is 6.04 Å². The molecular formula is C13H18FN. The van der Waals surface area contributed by atoms with Crippen LogP contribution in [0.1, 0.15) is 37.3 Å². The molecule has 15 heavy (non-hydrogen) atoms. The molecule has 1 aromatic carbocycles. The normalized spacial score (nSPS) is 28.6. The molecule has 1 fully saturated rings. The topological polar surface area (TPSA) is 26.0 Å². The molecule has 2 atom stereocenters. The highest BCUT2D eigenvalue weighted by Gasteiger charge is 2.46. The Morgan fingerprint density at radius 3 is 2.53 bits per heavy atom. The second kappa shape index (κ2) is 3.31. The fourth-order valence-corrected chi connectivity index (χ4v) is 2.41. The molecule has 0 saturated heterocycles. The highest BCUT2D eigenvalue weighted by molar-refractivity contribution is 5.31. The molecule has 0 amide bonds. The van der Waals surface area contributed by atoms with Gasteiger partial charge in [-0.05, 0) is 41.9 Å². The summed E-state index contributed by atoms with van der Waals surface area (Å²) < 4.78 is 13.1. The molecule has 0 aliphatic heterocycles. The number of nitrogens with two attached hydrogens (primary N) is 1. The van der Waals surface area contributed by atoms with Gasteiger partial charge in [-0.15, -0.1) is 0 Å². The Kier molecular flexibility index (Phi) is 2.34. The van der Waals surface area contributed by atoms with Crippen molar-refractivity contribution < 1.29 is 4.39 Å². The molecule has 1 aliphatic rings. The van der Waals surface area contributed by atoms with Crippen molar-refractivity contribution in [1.82, 2.24) is 0 Å². The van der Waals surface area contributed by atoms with Crippen molar-refractivity contribution in [2.75, 3.05) is 0 Å². The van der Waals surface area contributed by atoms with E-state index in [0.29, 0.717) is 5.92 Å². The standard InChI is InChI=1S/C13H18FN/c1-8-6-9(4-5-11(8)14)10-7-12(15)13(10,2)3/h4-6,10,12H,7,15H2,1-3H3. The number of halogens is 1. The molecule has 82 valence electrons. The fraction of sp³-hybridized carbons (Fsp3) is 0.538. The van der Waals surface area contributed by atoms with Gasteiger partial charge in [0.15, 0.2) is 0 Å². The molecule has 0 spiro atoms. The molecule has 2 heteroatoms. The summed E-state index contributed by atoms with van der Waals surface area (Å²) in [6, 6.07) is 5.67. The number of hydrogen-bond donors (Lipinski definition) is 1. The average Bonchev–Trinajstić information content (AvgIpc) is 2.19. The smallest absolute Gasteiger partial charge is 0.126 e. The summed E-state index contributed by atoms with van der Waals surface area (Å²) in [5.41, 5.74) is 8.07. The number of benzene rings is 1. The summed E-state index contributed by atoms with van der Waals surface area (Å²) in [6.45, 7) is 6.18. The average molecular weight is 207 g/mol. The highest BCUT2D eigenvalue weighted by Crippen LogP contribution is 2.51. The van der Waals surface area contributed by atoms with Gasteiger partial charge in [-0.25, -0.2) is 4.39 Å². The van der Waals surface area contributed by atoms with E-state index in [-0.39, 0.29) is 17.3 Å². The van der Waals surface area contributed by atoms with Crippen LogP contribution in [0.3, 0.4) is 0 Å². The maximum Gasteiger partial charge on any atom is 0.126 e. The zero-order valence-corrected chi connectivity index (χ0v) is 9.55. The molecular weight excluding hydrogens is 189 g/mol. The van der Waals surface area contributed by atoms with Crippen molar-refractivity contribution in [2.24, 2.45) is 11.1 Å². The maximum atomic E-state index is 13.1. The minimum Gasteiger partial charge on any atom is -0.327 e. The van der Waals surface area contributed by atoms with Gasteiger partial charge < -0.3 is 5.73 Å². The van der Waals surface area contributed by atoms with E-state index < -0.39 is 0 Å². The Balaban J connectivity index is 2.29. The van der Waals surface area contributed by atoms with Gasteiger partial charge in [0, 0.05) is 6.04 Å². The van der Waals surface area contributed by atoms with Gasteiger partial charge >= 0.3 is 0 Å². The Morgan fingerprint density at radius 1 is 1.40 bits per heavy atom. The van der Waals surface area contributed by atoms with Gasteiger partial charge in [-0.3, -0.25) is 0 Å². The molecule has 2 rings (SSSR count). The Hall–Kier alpha value is -0.890. The second-order valence-corrected chi connectivity index (χ2v) is 5.22. The number of rotatable bonds is 1. The van der Waals surface area contributed by atoms with Crippen LogP contribution in [0.4, 0.5) is 4.39 Å². The van der Waals surface area contributed by atoms with Crippen LogP contribution in [0.5, 0.6) is 0 Å². The SMILES string of the molecule is Cc1cc(C2CC(N)C2(C)C)ccc1F. The van der Waals surface area contributed by atoms with E-state index in [1.165, 1.54) is 5.56 Å². The van der Waals surface area contributed by atoms with Crippen molar-refractivity contribution >= 4 is 0 Å². The van der Waals surface area contributed by atoms with Gasteiger partial charge in [0.1, 0.15) is 5.82 Å². The van der Waals surface area contributed by atoms with E-state index in [4.69, 9.17) is 5.73 Å². The first kappa shape index (κ1) is 10.6. The summed E-state index contributed by atoms with van der Waals surface area (Å²) in [6.07, 6.45) is 1.01. The van der Waals surface area contributed by atoms with Crippen molar-refractivity contribution in [3.05, 3.63) is 35.1 Å². The zero-order valence-electron chi connectivity index (χ0n) is 9.55. The van der Waals surface area contributed by atoms with E-state index in [0.717, 1.165) is 12.0 Å². The zero-order chi connectivity index (χ0) is 11.2. The van der Waals surface area contributed by atoms with Crippen molar-refractivity contribution in [2.45, 2.75) is 39.2 Å². The summed E-state index contributed by atoms with van der Waals surface area (Å²) in [5, 5.41) is 0. The summed E-state index contributed by atoms with van der Waals surface area (Å²) in [7, 11) is 0. The maximum absolute atomic E-state index is 13.1. The predicted octanol–water partition coefficient (Wildman–Crippen LogP) is 2.97. The first-order valence-electron chi connectivity index (χ1n) is 5.44. The van der Waals surface area contributed by atoms with Crippen LogP contribution < -0.4 is 5.73 Å². The van der Waals surface area contributed by atoms with Crippen LogP contribution in [0.15, 0.2) is 18.2 Å². The quantitative estimate of drug-likeness (QED) is 0.752. The van der Waals surface area contributed by atoms with Gasteiger partial charge in [0.05, 0.1) is 0 Å². The summed E-state index contributed by atoms with van der Waals surface area (Å²) in [4.78, 5) is 0. The highest BCUT2D eigenvalue weighted by atomic mass is 19.1. The van der Waals surface area contributed by atoms with E-state index in [1.807, 2.05) is 19.1 Å². The summed E-state index contributed by atoms with van der Waals surface area (Å²) >= 11 is 0. The van der Waals surface area contributed by atoms with Gasteiger partial charge in [-0.1, -0.05) is 26.0 Å². The molecule has 1 aliphatic carbocycles. The Morgan fingerprint density at radius 2 is 2.07 bits per heavy atom. The third-order valence-electron chi connectivity index (χ3n) is 3.93. The van der Waals surface area contributed by atoms with Crippen LogP contribution in [0, 0.1) is 18.2 Å². The van der Waals surface area contributed by atoms with Gasteiger partial charge in [0.25, 0.3) is 0 Å². The lowest BCUT2D eigenvalue weighted by Crippen LogP contribution is -2.52. The third-order valence-corrected chi connectivity index (χ3v) is 3.93. The third kappa shape index (κ3) is 1.57.